The first-order valence-electron chi connectivity index (χ1n) is 28.0. The van der Waals surface area contributed by atoms with Crippen LogP contribution in [0, 0.1) is 55.4 Å². The van der Waals surface area contributed by atoms with Gasteiger partial charge in [-0.3, -0.25) is 39.9 Å². The zero-order valence-corrected chi connectivity index (χ0v) is 49.1. The Balaban J connectivity index is 0.000000126. The van der Waals surface area contributed by atoms with E-state index in [1.807, 2.05) is 167 Å². The van der Waals surface area contributed by atoms with Crippen LogP contribution in [-0.2, 0) is 0 Å². The molecule has 8 aromatic heterocycles. The summed E-state index contributed by atoms with van der Waals surface area (Å²) in [6.07, 6.45) is 18.4. The number of hydrogen-bond donors (Lipinski definition) is 0. The van der Waals surface area contributed by atoms with Crippen LogP contribution in [0.5, 0.6) is 0 Å². The van der Waals surface area contributed by atoms with Crippen molar-refractivity contribution in [2.24, 2.45) is 0 Å². The number of nitrogens with zero attached hydrogens (tertiary/aromatic N) is 8. The lowest BCUT2D eigenvalue weighted by molar-refractivity contribution is 1.22. The smallest absolute Gasteiger partial charge is 0.0705 e. The van der Waals surface area contributed by atoms with Crippen molar-refractivity contribution in [1.82, 2.24) is 39.9 Å². The standard InChI is InChI=1S/7C10H9N.C6H7N/c1-8-2-3-10-7-11-5-4-9(10)6-8;1-8-2-3-9-4-5-11-7-10(9)6-8;1-8-4-5-10-9(7-8)3-2-6-11-10;1-8-4-5-9-3-2-6-11-10(9)7-8;1-8-6-9-4-2-3-5-10(9)7-11-8;1-8-6-9-4-2-3-5-10(9)11-7-8;1-8-6-7-9-4-2-3-5-10(9)11-8;1-6-2-4-7-5-3-6/h7*2-7H,1H3;2-5H,1H3. The molecule has 0 saturated heterocycles. The highest BCUT2D eigenvalue weighted by atomic mass is 14.7. The Labute approximate surface area is 493 Å². The molecule has 0 aliphatic rings. The predicted octanol–water partition coefficient (Wildman–Crippen LogP) is 19.2. The first-order valence-corrected chi connectivity index (χ1v) is 28.0. The maximum absolute atomic E-state index is 4.38. The summed E-state index contributed by atoms with van der Waals surface area (Å²) in [6.45, 7) is 16.5. The zero-order chi connectivity index (χ0) is 58.9. The van der Waals surface area contributed by atoms with Crippen molar-refractivity contribution in [3.05, 3.63) is 325 Å². The third kappa shape index (κ3) is 18.8. The van der Waals surface area contributed by atoms with Gasteiger partial charge in [-0.15, -0.1) is 0 Å². The summed E-state index contributed by atoms with van der Waals surface area (Å²) >= 11 is 0. The zero-order valence-electron chi connectivity index (χ0n) is 49.1. The first kappa shape index (κ1) is 59.7. The molecular weight excluding hydrogens is 1020 g/mol. The van der Waals surface area contributed by atoms with Crippen molar-refractivity contribution in [1.29, 1.82) is 0 Å². The van der Waals surface area contributed by atoms with E-state index in [9.17, 15) is 0 Å². The molecule has 0 amide bonds. The van der Waals surface area contributed by atoms with E-state index in [2.05, 4.69) is 196 Å². The SMILES string of the molecule is Cc1cc2ccccc2cn1.Cc1ccc2ccccc2n1.Cc1ccc2cccnc2c1.Cc1ccc2ccncc2c1.Cc1ccc2cnccc2c1.Cc1ccc2ncccc2c1.Cc1ccncc1.Cc1cnc2ccccc2c1. The first-order chi connectivity index (χ1) is 40.9. The van der Waals surface area contributed by atoms with Crippen molar-refractivity contribution in [2.75, 3.05) is 0 Å². The average Bonchev–Trinajstić information content (AvgIpc) is 3.64. The van der Waals surface area contributed by atoms with E-state index in [0.717, 1.165) is 33.5 Å². The lowest BCUT2D eigenvalue weighted by Gasteiger charge is -1.96. The molecule has 0 spiro atoms. The molecule has 0 radical (unpaired) electrons. The van der Waals surface area contributed by atoms with Crippen LogP contribution in [0.3, 0.4) is 0 Å². The van der Waals surface area contributed by atoms with E-state index < -0.39 is 0 Å². The van der Waals surface area contributed by atoms with Gasteiger partial charge in [0.1, 0.15) is 0 Å². The fourth-order valence-electron chi connectivity index (χ4n) is 8.75. The van der Waals surface area contributed by atoms with Crippen molar-refractivity contribution in [3.8, 4) is 0 Å². The fourth-order valence-corrected chi connectivity index (χ4v) is 8.75. The highest BCUT2D eigenvalue weighted by molar-refractivity contribution is 5.84. The quantitative estimate of drug-likeness (QED) is 0.148. The number of benzene rings is 7. The van der Waals surface area contributed by atoms with E-state index in [4.69, 9.17) is 0 Å². The van der Waals surface area contributed by atoms with E-state index in [1.54, 1.807) is 12.4 Å². The maximum atomic E-state index is 4.38. The Morgan fingerprint density at radius 3 is 1.36 bits per heavy atom. The third-order valence-electron chi connectivity index (χ3n) is 13.2. The molecule has 7 aromatic carbocycles. The molecule has 8 heteroatoms. The molecule has 414 valence electrons. The molecule has 0 saturated carbocycles. The highest BCUT2D eigenvalue weighted by Gasteiger charge is 1.97. The van der Waals surface area contributed by atoms with Gasteiger partial charge in [0.25, 0.3) is 0 Å². The van der Waals surface area contributed by atoms with Gasteiger partial charge >= 0.3 is 0 Å². The minimum absolute atomic E-state index is 1.07. The van der Waals surface area contributed by atoms with E-state index in [-0.39, 0.29) is 0 Å². The van der Waals surface area contributed by atoms with Crippen LogP contribution in [0.2, 0.25) is 0 Å². The summed E-state index contributed by atoms with van der Waals surface area (Å²) < 4.78 is 0. The van der Waals surface area contributed by atoms with E-state index >= 15 is 0 Å². The Kier molecular flexibility index (Phi) is 22.0. The number of hydrogen-bond acceptors (Lipinski definition) is 8. The van der Waals surface area contributed by atoms with Crippen LogP contribution >= 0.6 is 0 Å². The molecule has 8 nitrogen and oxygen atoms in total. The van der Waals surface area contributed by atoms with Gasteiger partial charge in [0.05, 0.1) is 22.1 Å². The van der Waals surface area contributed by atoms with Gasteiger partial charge in [-0.05, 0) is 179 Å². The minimum Gasteiger partial charge on any atom is -0.265 e. The Bertz CT molecular complexity index is 3750. The Morgan fingerprint density at radius 1 is 0.202 bits per heavy atom. The van der Waals surface area contributed by atoms with Gasteiger partial charge in [-0.2, -0.15) is 0 Å². The van der Waals surface area contributed by atoms with Gasteiger partial charge in [-0.25, -0.2) is 0 Å². The minimum atomic E-state index is 1.07. The maximum Gasteiger partial charge on any atom is 0.0705 e. The molecule has 8 heterocycles. The Hall–Kier alpha value is -10.4. The van der Waals surface area contributed by atoms with Gasteiger partial charge in [0.15, 0.2) is 0 Å². The summed E-state index contributed by atoms with van der Waals surface area (Å²) in [7, 11) is 0. The van der Waals surface area contributed by atoms with Gasteiger partial charge in [0.2, 0.25) is 0 Å². The predicted molar refractivity (Wildman–Crippen MR) is 354 cm³/mol. The molecule has 84 heavy (non-hydrogen) atoms. The molecule has 0 atom stereocenters. The van der Waals surface area contributed by atoms with Crippen molar-refractivity contribution in [2.45, 2.75) is 55.4 Å². The number of rotatable bonds is 0. The summed E-state index contributed by atoms with van der Waals surface area (Å²) in [5.41, 5.74) is 14.0. The molecule has 15 aromatic rings. The molecule has 0 fully saturated rings. The lowest BCUT2D eigenvalue weighted by Crippen LogP contribution is -1.80. The van der Waals surface area contributed by atoms with Crippen molar-refractivity contribution in [3.63, 3.8) is 0 Å². The summed E-state index contributed by atoms with van der Waals surface area (Å²) in [5.74, 6) is 0. The third-order valence-corrected chi connectivity index (χ3v) is 13.2. The van der Waals surface area contributed by atoms with Crippen LogP contribution in [0.25, 0.3) is 75.9 Å². The molecule has 0 aliphatic heterocycles. The second kappa shape index (κ2) is 31.0. The average molecular weight is 1100 g/mol. The molecule has 0 unspecified atom stereocenters. The molecule has 0 N–H and O–H groups in total. The van der Waals surface area contributed by atoms with Crippen molar-refractivity contribution >= 4 is 75.9 Å². The van der Waals surface area contributed by atoms with Crippen LogP contribution in [0.4, 0.5) is 0 Å². The largest absolute Gasteiger partial charge is 0.265 e. The molecule has 0 bridgehead atoms. The molecular formula is C76H70N8. The highest BCUT2D eigenvalue weighted by Crippen LogP contribution is 2.17. The number of aromatic nitrogens is 8. The second-order valence-corrected chi connectivity index (χ2v) is 20.4. The normalized spacial score (nSPS) is 10.1. The van der Waals surface area contributed by atoms with Crippen molar-refractivity contribution < 1.29 is 0 Å². The summed E-state index contributed by atoms with van der Waals surface area (Å²) in [4.78, 5) is 33.3. The number of aryl methyl sites for hydroxylation is 8. The van der Waals surface area contributed by atoms with Crippen LogP contribution < -0.4 is 0 Å². The topological polar surface area (TPSA) is 103 Å². The molecule has 15 rings (SSSR count). The van der Waals surface area contributed by atoms with E-state index in [0.29, 0.717) is 0 Å². The van der Waals surface area contributed by atoms with Crippen LogP contribution in [-0.4, -0.2) is 39.9 Å². The van der Waals surface area contributed by atoms with Crippen LogP contribution in [0.1, 0.15) is 44.8 Å². The van der Waals surface area contributed by atoms with Gasteiger partial charge in [-0.1, -0.05) is 144 Å². The summed E-state index contributed by atoms with van der Waals surface area (Å²) in [6, 6.07) is 74.2. The fraction of sp³-hybridized carbons (Fsp3) is 0.105. The van der Waals surface area contributed by atoms with Crippen LogP contribution in [0.15, 0.2) is 280 Å². The van der Waals surface area contributed by atoms with E-state index in [1.165, 1.54) is 87.2 Å². The lowest BCUT2D eigenvalue weighted by atomic mass is 10.1. The van der Waals surface area contributed by atoms with Gasteiger partial charge in [0, 0.05) is 111 Å². The number of pyridine rings is 8. The molecule has 0 aliphatic carbocycles. The summed E-state index contributed by atoms with van der Waals surface area (Å²) in [5, 5.41) is 12.3. The Morgan fingerprint density at radius 2 is 0.655 bits per heavy atom. The second-order valence-electron chi connectivity index (χ2n) is 20.4. The number of para-hydroxylation sites is 2. The monoisotopic (exact) mass is 1090 g/mol. The van der Waals surface area contributed by atoms with Gasteiger partial charge < -0.3 is 0 Å². The number of fused-ring (bicyclic) bond motifs is 7.